The number of carbonyl (C=O) groups excluding carboxylic acids is 1. The van der Waals surface area contributed by atoms with Gasteiger partial charge in [-0.25, -0.2) is 0 Å². The van der Waals surface area contributed by atoms with Crippen molar-refractivity contribution in [3.63, 3.8) is 0 Å². The van der Waals surface area contributed by atoms with Crippen molar-refractivity contribution >= 4 is 34.1 Å². The molecule has 3 aromatic rings. The van der Waals surface area contributed by atoms with Gasteiger partial charge in [0.05, 0.1) is 28.8 Å². The first-order chi connectivity index (χ1) is 16.3. The summed E-state index contributed by atoms with van der Waals surface area (Å²) in [5.41, 5.74) is 4.43. The molecule has 2 aromatic carbocycles. The molecular formula is C28H36ClN3O2. The Balaban J connectivity index is 1.50. The summed E-state index contributed by atoms with van der Waals surface area (Å²) in [7, 11) is 2.05. The van der Waals surface area contributed by atoms with Crippen LogP contribution in [-0.2, 0) is 17.8 Å². The Morgan fingerprint density at radius 3 is 2.76 bits per heavy atom. The Labute approximate surface area is 208 Å². The predicted octanol–water partition coefficient (Wildman–Crippen LogP) is 6.29. The average Bonchev–Trinajstić information content (AvgIpc) is 3.15. The number of aromatic nitrogens is 1. The summed E-state index contributed by atoms with van der Waals surface area (Å²) < 4.78 is 5.88. The normalized spacial score (nSPS) is 14.4. The molecule has 0 aliphatic carbocycles. The molecular weight excluding hydrogens is 446 g/mol. The Hall–Kier alpha value is -2.66. The van der Waals surface area contributed by atoms with Gasteiger partial charge in [0.25, 0.3) is 0 Å². The fraction of sp³-hybridized carbons (Fsp3) is 0.464. The van der Waals surface area contributed by atoms with Gasteiger partial charge < -0.3 is 19.5 Å². The lowest BCUT2D eigenvalue weighted by Crippen LogP contribution is -2.41. The molecule has 5 nitrogen and oxygen atoms in total. The molecule has 0 saturated heterocycles. The van der Waals surface area contributed by atoms with Crippen molar-refractivity contribution in [2.24, 2.45) is 11.8 Å². The largest absolute Gasteiger partial charge is 0.492 e. The molecule has 1 amide bonds. The van der Waals surface area contributed by atoms with Crippen LogP contribution in [0.4, 0.5) is 5.69 Å². The smallest absolute Gasteiger partial charge is 0.227 e. The maximum atomic E-state index is 13.6. The summed E-state index contributed by atoms with van der Waals surface area (Å²) in [5.74, 6) is 1.22. The molecule has 182 valence electrons. The maximum absolute atomic E-state index is 13.6. The molecule has 1 aromatic heterocycles. The van der Waals surface area contributed by atoms with E-state index in [4.69, 9.17) is 16.3 Å². The summed E-state index contributed by atoms with van der Waals surface area (Å²) in [6.45, 7) is 8.96. The van der Waals surface area contributed by atoms with Crippen LogP contribution in [0, 0.1) is 11.8 Å². The molecule has 0 spiro atoms. The van der Waals surface area contributed by atoms with Crippen LogP contribution in [0.25, 0.3) is 10.9 Å². The number of carbonyl (C=O) groups is 1. The van der Waals surface area contributed by atoms with E-state index >= 15 is 0 Å². The van der Waals surface area contributed by atoms with Crippen molar-refractivity contribution in [3.8, 4) is 5.75 Å². The van der Waals surface area contributed by atoms with E-state index in [-0.39, 0.29) is 11.8 Å². The molecule has 1 N–H and O–H groups in total. The van der Waals surface area contributed by atoms with Crippen LogP contribution >= 0.6 is 11.6 Å². The Morgan fingerprint density at radius 1 is 1.15 bits per heavy atom. The highest BCUT2D eigenvalue weighted by molar-refractivity contribution is 6.32. The molecule has 1 aliphatic heterocycles. The second-order valence-electron chi connectivity index (χ2n) is 9.98. The second-order valence-corrected chi connectivity index (χ2v) is 10.4. The number of fused-ring (bicyclic) bond motifs is 2. The number of hydrogen-bond donors (Lipinski definition) is 1. The first-order valence-electron chi connectivity index (χ1n) is 12.3. The Bertz CT molecular complexity index is 1140. The number of benzene rings is 2. The van der Waals surface area contributed by atoms with Crippen LogP contribution in [-0.4, -0.2) is 42.5 Å². The number of anilines is 1. The standard InChI is InChI=1S/C28H36ClN3O2/c1-19(2)16-32(18-21-14-23-8-5-6-13-34-27(23)24(29)15-21)28(33)20(3)17-31(4)25-10-7-9-22-11-12-30-26(22)25/h7,9-12,14-15,19-20,30H,5-6,8,13,16-18H2,1-4H3. The highest BCUT2D eigenvalue weighted by Crippen LogP contribution is 2.34. The van der Waals surface area contributed by atoms with E-state index in [9.17, 15) is 4.79 Å². The van der Waals surface area contributed by atoms with Crippen molar-refractivity contribution in [2.45, 2.75) is 46.6 Å². The summed E-state index contributed by atoms with van der Waals surface area (Å²) >= 11 is 6.59. The van der Waals surface area contributed by atoms with Gasteiger partial charge in [0.1, 0.15) is 5.75 Å². The van der Waals surface area contributed by atoms with Crippen molar-refractivity contribution in [1.82, 2.24) is 9.88 Å². The monoisotopic (exact) mass is 481 g/mol. The van der Waals surface area contributed by atoms with Gasteiger partial charge in [-0.3, -0.25) is 4.79 Å². The Morgan fingerprint density at radius 2 is 1.97 bits per heavy atom. The van der Waals surface area contributed by atoms with E-state index in [1.165, 1.54) is 5.39 Å². The number of amides is 1. The van der Waals surface area contributed by atoms with Crippen molar-refractivity contribution in [1.29, 1.82) is 0 Å². The Kier molecular flexibility index (Phi) is 7.72. The third kappa shape index (κ3) is 5.52. The van der Waals surface area contributed by atoms with E-state index < -0.39 is 0 Å². The number of ether oxygens (including phenoxy) is 1. The quantitative estimate of drug-likeness (QED) is 0.411. The van der Waals surface area contributed by atoms with E-state index in [2.05, 4.69) is 61.1 Å². The maximum Gasteiger partial charge on any atom is 0.227 e. The van der Waals surface area contributed by atoms with Gasteiger partial charge in [-0.2, -0.15) is 0 Å². The molecule has 6 heteroatoms. The van der Waals surface area contributed by atoms with Gasteiger partial charge >= 0.3 is 0 Å². The van der Waals surface area contributed by atoms with Crippen molar-refractivity contribution in [2.75, 3.05) is 31.6 Å². The minimum absolute atomic E-state index is 0.145. The van der Waals surface area contributed by atoms with Gasteiger partial charge in [0.15, 0.2) is 0 Å². The summed E-state index contributed by atoms with van der Waals surface area (Å²) in [5, 5.41) is 1.83. The molecule has 34 heavy (non-hydrogen) atoms. The van der Waals surface area contributed by atoms with Crippen LogP contribution in [0.1, 0.15) is 44.7 Å². The van der Waals surface area contributed by atoms with Crippen molar-refractivity contribution in [3.05, 3.63) is 58.7 Å². The second kappa shape index (κ2) is 10.7. The first-order valence-corrected chi connectivity index (χ1v) is 12.7. The lowest BCUT2D eigenvalue weighted by Gasteiger charge is -2.30. The number of rotatable bonds is 8. The summed E-state index contributed by atoms with van der Waals surface area (Å²) in [4.78, 5) is 21.1. The highest BCUT2D eigenvalue weighted by Gasteiger charge is 2.24. The lowest BCUT2D eigenvalue weighted by molar-refractivity contribution is -0.135. The zero-order chi connectivity index (χ0) is 24.2. The van der Waals surface area contributed by atoms with E-state index in [0.717, 1.165) is 47.3 Å². The van der Waals surface area contributed by atoms with Crippen LogP contribution in [0.3, 0.4) is 0 Å². The zero-order valence-electron chi connectivity index (χ0n) is 20.7. The van der Waals surface area contributed by atoms with Crippen LogP contribution in [0.2, 0.25) is 5.02 Å². The highest BCUT2D eigenvalue weighted by atomic mass is 35.5. The number of hydrogen-bond acceptors (Lipinski definition) is 3. The van der Waals surface area contributed by atoms with E-state index in [1.807, 2.05) is 24.1 Å². The number of halogens is 1. The lowest BCUT2D eigenvalue weighted by atomic mass is 10.0. The third-order valence-electron chi connectivity index (χ3n) is 6.48. The molecule has 0 fully saturated rings. The van der Waals surface area contributed by atoms with E-state index in [0.29, 0.717) is 37.2 Å². The molecule has 0 bridgehead atoms. The summed E-state index contributed by atoms with van der Waals surface area (Å²) in [6.07, 6.45) is 5.06. The van der Waals surface area contributed by atoms with Crippen molar-refractivity contribution < 1.29 is 9.53 Å². The van der Waals surface area contributed by atoms with E-state index in [1.54, 1.807) is 0 Å². The molecule has 0 radical (unpaired) electrons. The molecule has 1 unspecified atom stereocenters. The van der Waals surface area contributed by atoms with Crippen LogP contribution in [0.15, 0.2) is 42.6 Å². The zero-order valence-corrected chi connectivity index (χ0v) is 21.5. The summed E-state index contributed by atoms with van der Waals surface area (Å²) in [6, 6.07) is 12.5. The van der Waals surface area contributed by atoms with Crippen LogP contribution in [0.5, 0.6) is 5.75 Å². The van der Waals surface area contributed by atoms with Gasteiger partial charge in [-0.1, -0.05) is 50.6 Å². The number of aromatic amines is 1. The minimum Gasteiger partial charge on any atom is -0.492 e. The number of para-hydroxylation sites is 1. The van der Waals surface area contributed by atoms with Gasteiger partial charge in [-0.15, -0.1) is 0 Å². The fourth-order valence-electron chi connectivity index (χ4n) is 4.92. The number of aryl methyl sites for hydroxylation is 1. The molecule has 2 heterocycles. The number of H-pyrrole nitrogens is 1. The molecule has 1 atom stereocenters. The third-order valence-corrected chi connectivity index (χ3v) is 6.76. The molecule has 4 rings (SSSR count). The topological polar surface area (TPSA) is 48.6 Å². The minimum atomic E-state index is -0.145. The number of nitrogens with one attached hydrogen (secondary N) is 1. The van der Waals surface area contributed by atoms with Gasteiger partial charge in [0, 0.05) is 38.3 Å². The molecule has 0 saturated carbocycles. The van der Waals surface area contributed by atoms with Crippen LogP contribution < -0.4 is 9.64 Å². The SMILES string of the molecule is CC(C)CN(Cc1cc(Cl)c2c(c1)CCCCO2)C(=O)C(C)CN(C)c1cccc2cc[nH]c12. The average molecular weight is 482 g/mol. The first kappa shape index (κ1) is 24.5. The van der Waals surface area contributed by atoms with Gasteiger partial charge in [0.2, 0.25) is 5.91 Å². The molecule has 1 aliphatic rings. The number of nitrogens with zero attached hydrogens (tertiary/aromatic N) is 2. The van der Waals surface area contributed by atoms with Gasteiger partial charge in [-0.05, 0) is 54.5 Å². The predicted molar refractivity (Wildman–Crippen MR) is 141 cm³/mol. The fourth-order valence-corrected chi connectivity index (χ4v) is 5.24.